The summed E-state index contributed by atoms with van der Waals surface area (Å²) in [5.74, 6) is 0.774. The number of nitrogens with one attached hydrogen (secondary N) is 2. The van der Waals surface area contributed by atoms with Crippen molar-refractivity contribution < 1.29 is 9.53 Å². The smallest absolute Gasteiger partial charge is 0.410 e. The van der Waals surface area contributed by atoms with Crippen molar-refractivity contribution in [3.8, 4) is 0 Å². The predicted molar refractivity (Wildman–Crippen MR) is 110 cm³/mol. The first kappa shape index (κ1) is 21.0. The van der Waals surface area contributed by atoms with Gasteiger partial charge in [-0.3, -0.25) is 4.99 Å². The molecule has 0 aromatic carbocycles. The van der Waals surface area contributed by atoms with Crippen LogP contribution in [0.5, 0.6) is 0 Å². The lowest BCUT2D eigenvalue weighted by molar-refractivity contribution is 0.00701. The molecule has 1 aromatic rings. The zero-order valence-corrected chi connectivity index (χ0v) is 17.8. The third kappa shape index (κ3) is 6.84. The number of halogens is 1. The Kier molecular flexibility index (Phi) is 8.28. The van der Waals surface area contributed by atoms with Crippen molar-refractivity contribution in [2.45, 2.75) is 38.8 Å². The fourth-order valence-corrected chi connectivity index (χ4v) is 2.90. The predicted octanol–water partition coefficient (Wildman–Crippen LogP) is 2.69. The van der Waals surface area contributed by atoms with E-state index >= 15 is 0 Å². The summed E-state index contributed by atoms with van der Waals surface area (Å²) in [6.45, 7) is 7.74. The Labute approximate surface area is 165 Å². The van der Waals surface area contributed by atoms with Crippen LogP contribution in [0.25, 0.3) is 0 Å². The molecule has 0 radical (unpaired) electrons. The molecule has 2 N–H and O–H groups in total. The van der Waals surface area contributed by atoms with E-state index in [0.717, 1.165) is 18.9 Å². The van der Waals surface area contributed by atoms with Gasteiger partial charge in [-0.05, 0) is 38.6 Å². The Morgan fingerprint density at radius 2 is 2.17 bits per heavy atom. The van der Waals surface area contributed by atoms with Crippen LogP contribution in [0.2, 0.25) is 0 Å². The monoisotopic (exact) mass is 466 g/mol. The normalized spacial score (nSPS) is 15.3. The van der Waals surface area contributed by atoms with Crippen LogP contribution in [0.3, 0.4) is 0 Å². The van der Waals surface area contributed by atoms with Gasteiger partial charge in [-0.25, -0.2) is 4.79 Å². The minimum absolute atomic E-state index is 0. The molecule has 2 heterocycles. The fourth-order valence-electron chi connectivity index (χ4n) is 2.19. The fraction of sp³-hybridized carbons (Fsp3) is 0.625. The molecule has 8 heteroatoms. The van der Waals surface area contributed by atoms with E-state index in [1.807, 2.05) is 20.8 Å². The van der Waals surface area contributed by atoms with E-state index in [2.05, 4.69) is 33.1 Å². The van der Waals surface area contributed by atoms with Crippen LogP contribution in [-0.2, 0) is 11.2 Å². The van der Waals surface area contributed by atoms with Crippen LogP contribution in [0.4, 0.5) is 4.79 Å². The molecule has 24 heavy (non-hydrogen) atoms. The van der Waals surface area contributed by atoms with Gasteiger partial charge in [0.05, 0.1) is 6.04 Å². The molecule has 1 aliphatic rings. The maximum Gasteiger partial charge on any atom is 0.410 e. The number of ether oxygens (including phenoxy) is 1. The van der Waals surface area contributed by atoms with E-state index in [-0.39, 0.29) is 36.1 Å². The van der Waals surface area contributed by atoms with E-state index in [4.69, 9.17) is 4.74 Å². The first-order chi connectivity index (χ1) is 10.9. The van der Waals surface area contributed by atoms with Crippen molar-refractivity contribution in [3.63, 3.8) is 0 Å². The first-order valence-corrected chi connectivity index (χ1v) is 8.73. The van der Waals surface area contributed by atoms with Crippen molar-refractivity contribution in [2.24, 2.45) is 4.99 Å². The lowest BCUT2D eigenvalue weighted by atomic mass is 10.1. The number of hydrogen-bond acceptors (Lipinski definition) is 4. The molecule has 0 saturated carbocycles. The number of likely N-dealkylation sites (tertiary alicyclic amines) is 1. The Morgan fingerprint density at radius 1 is 1.46 bits per heavy atom. The summed E-state index contributed by atoms with van der Waals surface area (Å²) in [5, 5.41) is 8.71. The summed E-state index contributed by atoms with van der Waals surface area (Å²) in [6, 6.07) is 4.41. The van der Waals surface area contributed by atoms with Gasteiger partial charge in [-0.2, -0.15) is 0 Å². The Balaban J connectivity index is 0.00000288. The molecule has 6 nitrogen and oxygen atoms in total. The van der Waals surface area contributed by atoms with E-state index < -0.39 is 5.60 Å². The number of nitrogens with zero attached hydrogens (tertiary/aromatic N) is 2. The van der Waals surface area contributed by atoms with Crippen molar-refractivity contribution in [1.29, 1.82) is 0 Å². The Hall–Kier alpha value is -1.03. The number of amides is 1. The molecule has 1 saturated heterocycles. The molecule has 0 aliphatic carbocycles. The largest absolute Gasteiger partial charge is 0.444 e. The third-order valence-corrected chi connectivity index (χ3v) is 4.28. The Morgan fingerprint density at radius 3 is 2.71 bits per heavy atom. The van der Waals surface area contributed by atoms with Crippen molar-refractivity contribution in [2.75, 3.05) is 26.7 Å². The summed E-state index contributed by atoms with van der Waals surface area (Å²) in [7, 11) is 1.75. The second-order valence-electron chi connectivity index (χ2n) is 6.55. The average Bonchev–Trinajstić information content (AvgIpc) is 2.91. The van der Waals surface area contributed by atoms with Crippen LogP contribution in [0, 0.1) is 0 Å². The van der Waals surface area contributed by atoms with Gasteiger partial charge in [0.1, 0.15) is 5.60 Å². The summed E-state index contributed by atoms with van der Waals surface area (Å²) in [6.07, 6.45) is 0.726. The summed E-state index contributed by atoms with van der Waals surface area (Å²) in [4.78, 5) is 19.1. The molecule has 1 fully saturated rings. The lowest BCUT2D eigenvalue weighted by Crippen LogP contribution is -2.63. The molecule has 2 rings (SSSR count). The molecule has 1 amide bonds. The molecule has 0 bridgehead atoms. The molecular weight excluding hydrogens is 439 g/mol. The number of aliphatic imine (C=N–C) groups is 1. The SMILES string of the molecule is CN=C(NCCc1cccs1)NC1CN(C(=O)OC(C)(C)C)C1.I. The standard InChI is InChI=1S/C16H26N4O2S.HI/c1-16(2,3)22-15(21)20-10-12(11-20)19-14(17-4)18-8-7-13-6-5-9-23-13;/h5-6,9,12H,7-8,10-11H2,1-4H3,(H2,17,18,19);1H. The second-order valence-corrected chi connectivity index (χ2v) is 7.59. The maximum atomic E-state index is 11.9. The van der Waals surface area contributed by atoms with Crippen molar-refractivity contribution in [3.05, 3.63) is 22.4 Å². The maximum absolute atomic E-state index is 11.9. The zero-order chi connectivity index (χ0) is 16.9. The minimum Gasteiger partial charge on any atom is -0.444 e. The summed E-state index contributed by atoms with van der Waals surface area (Å²) in [5.41, 5.74) is -0.449. The number of thiophene rings is 1. The van der Waals surface area contributed by atoms with Crippen molar-refractivity contribution >= 4 is 47.4 Å². The highest BCUT2D eigenvalue weighted by molar-refractivity contribution is 14.0. The summed E-state index contributed by atoms with van der Waals surface area (Å²) < 4.78 is 5.34. The quantitative estimate of drug-likeness (QED) is 0.407. The van der Waals surface area contributed by atoms with Gasteiger partial charge in [0.2, 0.25) is 0 Å². The number of carbonyl (C=O) groups is 1. The average molecular weight is 466 g/mol. The van der Waals surface area contributed by atoms with Gasteiger partial charge in [0, 0.05) is 31.6 Å². The summed E-state index contributed by atoms with van der Waals surface area (Å²) >= 11 is 1.76. The van der Waals surface area contributed by atoms with Crippen LogP contribution in [0.15, 0.2) is 22.5 Å². The van der Waals surface area contributed by atoms with Crippen LogP contribution >= 0.6 is 35.3 Å². The van der Waals surface area contributed by atoms with Gasteiger partial charge in [-0.15, -0.1) is 35.3 Å². The van der Waals surface area contributed by atoms with Crippen LogP contribution < -0.4 is 10.6 Å². The number of hydrogen-bond donors (Lipinski definition) is 2. The van der Waals surface area contributed by atoms with E-state index in [1.165, 1.54) is 4.88 Å². The van der Waals surface area contributed by atoms with E-state index in [0.29, 0.717) is 13.1 Å². The molecule has 0 atom stereocenters. The third-order valence-electron chi connectivity index (χ3n) is 3.34. The van der Waals surface area contributed by atoms with Crippen LogP contribution in [0.1, 0.15) is 25.6 Å². The molecule has 1 aromatic heterocycles. The Bertz CT molecular complexity index is 537. The van der Waals surface area contributed by atoms with Gasteiger partial charge >= 0.3 is 6.09 Å². The zero-order valence-electron chi connectivity index (χ0n) is 14.7. The molecule has 0 spiro atoms. The molecule has 136 valence electrons. The van der Waals surface area contributed by atoms with E-state index in [1.54, 1.807) is 23.3 Å². The second kappa shape index (κ2) is 9.45. The highest BCUT2D eigenvalue weighted by atomic mass is 127. The van der Waals surface area contributed by atoms with Gasteiger partial charge < -0.3 is 20.3 Å². The van der Waals surface area contributed by atoms with E-state index in [9.17, 15) is 4.79 Å². The number of rotatable bonds is 4. The molecule has 0 unspecified atom stereocenters. The van der Waals surface area contributed by atoms with Crippen LogP contribution in [-0.4, -0.2) is 55.3 Å². The van der Waals surface area contributed by atoms with Gasteiger partial charge in [0.15, 0.2) is 5.96 Å². The van der Waals surface area contributed by atoms with Crippen molar-refractivity contribution in [1.82, 2.24) is 15.5 Å². The minimum atomic E-state index is -0.449. The first-order valence-electron chi connectivity index (χ1n) is 7.85. The number of guanidine groups is 1. The highest BCUT2D eigenvalue weighted by Crippen LogP contribution is 2.15. The van der Waals surface area contributed by atoms with Gasteiger partial charge in [-0.1, -0.05) is 6.07 Å². The molecular formula is C16H27IN4O2S. The van der Waals surface area contributed by atoms with Gasteiger partial charge in [0.25, 0.3) is 0 Å². The lowest BCUT2D eigenvalue weighted by Gasteiger charge is -2.40. The topological polar surface area (TPSA) is 66.0 Å². The number of carbonyl (C=O) groups excluding carboxylic acids is 1. The molecule has 1 aliphatic heterocycles. The highest BCUT2D eigenvalue weighted by Gasteiger charge is 2.34.